The van der Waals surface area contributed by atoms with Gasteiger partial charge in [-0.2, -0.15) is 5.10 Å². The molecule has 6 nitrogen and oxygen atoms in total. The Bertz CT molecular complexity index is 381. The zero-order valence-corrected chi connectivity index (χ0v) is 7.76. The molecule has 0 bridgehead atoms. The fraction of sp³-hybridized carbons (Fsp3) is 0.333. The van der Waals surface area contributed by atoms with Crippen LogP contribution in [0.15, 0.2) is 12.4 Å². The SMILES string of the molecule is CS(=O)(=O)CC(=O)Nc1cn[nH]c1. The van der Waals surface area contributed by atoms with Crippen LogP contribution in [-0.4, -0.2) is 36.5 Å². The van der Waals surface area contributed by atoms with Crippen LogP contribution in [0.3, 0.4) is 0 Å². The summed E-state index contributed by atoms with van der Waals surface area (Å²) in [5, 5.41) is 8.43. The first kappa shape index (κ1) is 9.72. The number of rotatable bonds is 3. The number of amides is 1. The Morgan fingerprint density at radius 3 is 2.85 bits per heavy atom. The molecule has 0 saturated carbocycles. The van der Waals surface area contributed by atoms with Crippen molar-refractivity contribution in [3.8, 4) is 0 Å². The van der Waals surface area contributed by atoms with Crippen LogP contribution in [0.25, 0.3) is 0 Å². The van der Waals surface area contributed by atoms with Crippen LogP contribution in [0.1, 0.15) is 0 Å². The Labute approximate surface area is 75.3 Å². The highest BCUT2D eigenvalue weighted by Crippen LogP contribution is 2.00. The average Bonchev–Trinajstić information content (AvgIpc) is 2.34. The molecule has 0 radical (unpaired) electrons. The smallest absolute Gasteiger partial charge is 0.239 e. The van der Waals surface area contributed by atoms with E-state index in [1.54, 1.807) is 0 Å². The van der Waals surface area contributed by atoms with Gasteiger partial charge in [-0.25, -0.2) is 8.42 Å². The number of hydrogen-bond donors (Lipinski definition) is 2. The van der Waals surface area contributed by atoms with E-state index >= 15 is 0 Å². The molecule has 13 heavy (non-hydrogen) atoms. The minimum Gasteiger partial charge on any atom is -0.323 e. The molecule has 1 rings (SSSR count). The summed E-state index contributed by atoms with van der Waals surface area (Å²) in [4.78, 5) is 11.0. The van der Waals surface area contributed by atoms with Crippen LogP contribution < -0.4 is 5.32 Å². The summed E-state index contributed by atoms with van der Waals surface area (Å²) in [5.41, 5.74) is 0.452. The van der Waals surface area contributed by atoms with E-state index in [1.165, 1.54) is 12.4 Å². The highest BCUT2D eigenvalue weighted by Gasteiger charge is 2.10. The molecule has 1 aromatic heterocycles. The number of anilines is 1. The number of nitrogens with zero attached hydrogens (tertiary/aromatic N) is 1. The van der Waals surface area contributed by atoms with E-state index in [-0.39, 0.29) is 0 Å². The van der Waals surface area contributed by atoms with Crippen molar-refractivity contribution in [1.82, 2.24) is 10.2 Å². The quantitative estimate of drug-likeness (QED) is 0.685. The summed E-state index contributed by atoms with van der Waals surface area (Å²) in [7, 11) is -3.27. The number of aromatic nitrogens is 2. The molecule has 0 aliphatic heterocycles. The lowest BCUT2D eigenvalue weighted by molar-refractivity contribution is -0.113. The van der Waals surface area contributed by atoms with E-state index in [4.69, 9.17) is 0 Å². The normalized spacial score (nSPS) is 11.2. The lowest BCUT2D eigenvalue weighted by Crippen LogP contribution is -2.21. The van der Waals surface area contributed by atoms with Gasteiger partial charge in [0.2, 0.25) is 5.91 Å². The Kier molecular flexibility index (Phi) is 2.66. The van der Waals surface area contributed by atoms with E-state index in [0.29, 0.717) is 5.69 Å². The monoisotopic (exact) mass is 203 g/mol. The van der Waals surface area contributed by atoms with Gasteiger partial charge in [-0.3, -0.25) is 9.89 Å². The van der Waals surface area contributed by atoms with Crippen LogP contribution in [0.4, 0.5) is 5.69 Å². The van der Waals surface area contributed by atoms with Gasteiger partial charge >= 0.3 is 0 Å². The molecule has 0 unspecified atom stereocenters. The van der Waals surface area contributed by atoms with Crippen molar-refractivity contribution in [3.05, 3.63) is 12.4 Å². The molecule has 0 aliphatic carbocycles. The first-order valence-corrected chi connectivity index (χ1v) is 5.50. The first-order valence-electron chi connectivity index (χ1n) is 3.44. The number of sulfone groups is 1. The summed E-state index contributed by atoms with van der Waals surface area (Å²) in [5.74, 6) is -1.08. The molecule has 1 aromatic rings. The van der Waals surface area contributed by atoms with Crippen molar-refractivity contribution in [2.75, 3.05) is 17.3 Å². The third kappa shape index (κ3) is 3.70. The fourth-order valence-corrected chi connectivity index (χ4v) is 1.30. The van der Waals surface area contributed by atoms with Crippen molar-refractivity contribution in [3.63, 3.8) is 0 Å². The molecule has 7 heteroatoms. The summed E-state index contributed by atoms with van der Waals surface area (Å²) < 4.78 is 21.4. The average molecular weight is 203 g/mol. The number of carbonyl (C=O) groups is 1. The molecule has 0 aromatic carbocycles. The highest BCUT2D eigenvalue weighted by molar-refractivity contribution is 7.91. The number of H-pyrrole nitrogens is 1. The van der Waals surface area contributed by atoms with Crippen molar-refractivity contribution in [2.45, 2.75) is 0 Å². The maximum absolute atomic E-state index is 11.0. The first-order chi connectivity index (χ1) is 5.97. The molecule has 0 spiro atoms. The third-order valence-electron chi connectivity index (χ3n) is 1.18. The van der Waals surface area contributed by atoms with E-state index in [0.717, 1.165) is 6.26 Å². The van der Waals surface area contributed by atoms with Gasteiger partial charge in [0.15, 0.2) is 9.84 Å². The molecule has 1 heterocycles. The number of nitrogens with one attached hydrogen (secondary N) is 2. The van der Waals surface area contributed by atoms with Gasteiger partial charge in [0.1, 0.15) is 5.75 Å². The van der Waals surface area contributed by atoms with Crippen LogP contribution in [0, 0.1) is 0 Å². The van der Waals surface area contributed by atoms with Gasteiger partial charge in [-0.1, -0.05) is 0 Å². The molecule has 0 fully saturated rings. The van der Waals surface area contributed by atoms with Crippen LogP contribution in [-0.2, 0) is 14.6 Å². The van der Waals surface area contributed by atoms with Gasteiger partial charge in [-0.05, 0) is 0 Å². The number of aromatic amines is 1. The van der Waals surface area contributed by atoms with Gasteiger partial charge in [0, 0.05) is 12.5 Å². The molecule has 0 saturated heterocycles. The minimum atomic E-state index is -3.27. The summed E-state index contributed by atoms with van der Waals surface area (Å²) in [6.07, 6.45) is 3.85. The highest BCUT2D eigenvalue weighted by atomic mass is 32.2. The minimum absolute atomic E-state index is 0.452. The predicted molar refractivity (Wildman–Crippen MR) is 46.9 cm³/mol. The Morgan fingerprint density at radius 1 is 1.69 bits per heavy atom. The standard InChI is InChI=1S/C6H9N3O3S/c1-13(11,12)4-6(10)9-5-2-7-8-3-5/h2-3H,4H2,1H3,(H,7,8)(H,9,10). The topological polar surface area (TPSA) is 91.9 Å². The van der Waals surface area contributed by atoms with Crippen molar-refractivity contribution >= 4 is 21.4 Å². The van der Waals surface area contributed by atoms with E-state index in [9.17, 15) is 13.2 Å². The molecule has 72 valence electrons. The molecular weight excluding hydrogens is 194 g/mol. The van der Waals surface area contributed by atoms with Crippen LogP contribution in [0.2, 0.25) is 0 Å². The lowest BCUT2D eigenvalue weighted by Gasteiger charge is -1.99. The zero-order valence-electron chi connectivity index (χ0n) is 6.94. The summed E-state index contributed by atoms with van der Waals surface area (Å²) in [6, 6.07) is 0. The molecule has 2 N–H and O–H groups in total. The predicted octanol–water partition coefficient (Wildman–Crippen LogP) is -0.607. The van der Waals surface area contributed by atoms with Gasteiger partial charge in [0.25, 0.3) is 0 Å². The second kappa shape index (κ2) is 3.56. The molecule has 0 atom stereocenters. The maximum Gasteiger partial charge on any atom is 0.239 e. The number of hydrogen-bond acceptors (Lipinski definition) is 4. The van der Waals surface area contributed by atoms with Crippen LogP contribution >= 0.6 is 0 Å². The summed E-state index contributed by atoms with van der Waals surface area (Å²) >= 11 is 0. The van der Waals surface area contributed by atoms with Gasteiger partial charge < -0.3 is 5.32 Å². The second-order valence-corrected chi connectivity index (χ2v) is 4.75. The third-order valence-corrected chi connectivity index (χ3v) is 1.96. The maximum atomic E-state index is 11.0. The molecule has 0 aliphatic rings. The molecule has 1 amide bonds. The fourth-order valence-electron chi connectivity index (χ4n) is 0.754. The second-order valence-electron chi connectivity index (χ2n) is 2.61. The van der Waals surface area contributed by atoms with E-state index in [2.05, 4.69) is 15.5 Å². The van der Waals surface area contributed by atoms with Crippen molar-refractivity contribution in [1.29, 1.82) is 0 Å². The zero-order chi connectivity index (χ0) is 9.90. The Hall–Kier alpha value is -1.37. The lowest BCUT2D eigenvalue weighted by atomic mass is 10.5. The van der Waals surface area contributed by atoms with Crippen molar-refractivity contribution < 1.29 is 13.2 Å². The Balaban J connectivity index is 2.53. The Morgan fingerprint density at radius 2 is 2.38 bits per heavy atom. The summed E-state index contributed by atoms with van der Waals surface area (Å²) in [6.45, 7) is 0. The van der Waals surface area contributed by atoms with E-state index < -0.39 is 21.5 Å². The number of carbonyl (C=O) groups excluding carboxylic acids is 1. The molecular formula is C6H9N3O3S. The van der Waals surface area contributed by atoms with Gasteiger partial charge in [0.05, 0.1) is 11.9 Å². The van der Waals surface area contributed by atoms with E-state index in [1.807, 2.05) is 0 Å². The largest absolute Gasteiger partial charge is 0.323 e. The van der Waals surface area contributed by atoms with Gasteiger partial charge in [-0.15, -0.1) is 0 Å². The van der Waals surface area contributed by atoms with Crippen LogP contribution in [0.5, 0.6) is 0 Å². The van der Waals surface area contributed by atoms with Crippen molar-refractivity contribution in [2.24, 2.45) is 0 Å².